The molecule has 2 rings (SSSR count). The summed E-state index contributed by atoms with van der Waals surface area (Å²) in [6.07, 6.45) is 5.77. The van der Waals surface area contributed by atoms with E-state index in [9.17, 15) is 4.21 Å². The lowest BCUT2D eigenvalue weighted by Crippen LogP contribution is -2.36. The maximum atomic E-state index is 12.0. The molecule has 0 aromatic carbocycles. The van der Waals surface area contributed by atoms with Gasteiger partial charge in [-0.15, -0.1) is 0 Å². The fourth-order valence-corrected chi connectivity index (χ4v) is 3.28. The van der Waals surface area contributed by atoms with Crippen molar-refractivity contribution in [2.24, 2.45) is 0 Å². The number of nitrogens with one attached hydrogen (secondary N) is 1. The highest BCUT2D eigenvalue weighted by atomic mass is 32.2. The van der Waals surface area contributed by atoms with Crippen LogP contribution < -0.4 is 5.32 Å². The van der Waals surface area contributed by atoms with E-state index in [2.05, 4.69) is 10.3 Å². The predicted molar refractivity (Wildman–Crippen MR) is 62.0 cm³/mol. The zero-order valence-electron chi connectivity index (χ0n) is 8.69. The molecule has 0 unspecified atom stereocenters. The summed E-state index contributed by atoms with van der Waals surface area (Å²) < 4.78 is 12.0. The minimum Gasteiger partial charge on any atom is -0.316 e. The van der Waals surface area contributed by atoms with E-state index in [4.69, 9.17) is 0 Å². The van der Waals surface area contributed by atoms with Crippen LogP contribution in [0.2, 0.25) is 0 Å². The van der Waals surface area contributed by atoms with Crippen molar-refractivity contribution in [3.8, 4) is 0 Å². The van der Waals surface area contributed by atoms with Gasteiger partial charge >= 0.3 is 0 Å². The third kappa shape index (κ3) is 3.11. The molecular formula is C11H16N2OS. The van der Waals surface area contributed by atoms with E-state index >= 15 is 0 Å². The van der Waals surface area contributed by atoms with Crippen molar-refractivity contribution < 1.29 is 4.21 Å². The van der Waals surface area contributed by atoms with Gasteiger partial charge in [0.05, 0.1) is 5.75 Å². The summed E-state index contributed by atoms with van der Waals surface area (Å²) in [5.41, 5.74) is 1.07. The van der Waals surface area contributed by atoms with Gasteiger partial charge in [0, 0.05) is 35.0 Å². The van der Waals surface area contributed by atoms with E-state index in [0.29, 0.717) is 11.0 Å². The quantitative estimate of drug-likeness (QED) is 0.835. The van der Waals surface area contributed by atoms with Crippen LogP contribution in [0.1, 0.15) is 18.4 Å². The second kappa shape index (κ2) is 5.37. The van der Waals surface area contributed by atoms with Crippen LogP contribution >= 0.6 is 0 Å². The average molecular weight is 224 g/mol. The Bertz CT molecular complexity index is 323. The molecule has 0 spiro atoms. The third-order valence-corrected chi connectivity index (χ3v) is 4.42. The zero-order valence-corrected chi connectivity index (χ0v) is 9.50. The molecular weight excluding hydrogens is 208 g/mol. The number of hydrogen-bond acceptors (Lipinski definition) is 3. The Kier molecular flexibility index (Phi) is 3.86. The van der Waals surface area contributed by atoms with Gasteiger partial charge in [0.1, 0.15) is 0 Å². The number of nitrogens with zero attached hydrogens (tertiary/aromatic N) is 1. The molecule has 0 bridgehead atoms. The monoisotopic (exact) mass is 224 g/mol. The van der Waals surface area contributed by atoms with Crippen molar-refractivity contribution in [1.82, 2.24) is 10.3 Å². The zero-order chi connectivity index (χ0) is 10.5. The van der Waals surface area contributed by atoms with Crippen molar-refractivity contribution in [3.05, 3.63) is 30.1 Å². The standard InChI is InChI=1S/C11H16N2OS/c14-15(11-4-2-6-13-8-11)9-10-3-1-5-12-7-10/h1,3,5,7,11,13H,2,4,6,8-9H2/t11-,15+/m1/s1. The van der Waals surface area contributed by atoms with Gasteiger partial charge < -0.3 is 5.32 Å². The number of aromatic nitrogens is 1. The van der Waals surface area contributed by atoms with Crippen molar-refractivity contribution in [1.29, 1.82) is 0 Å². The Labute approximate surface area is 92.8 Å². The first-order valence-electron chi connectivity index (χ1n) is 5.33. The second-order valence-electron chi connectivity index (χ2n) is 3.85. The number of piperidine rings is 1. The van der Waals surface area contributed by atoms with Crippen LogP contribution in [0.4, 0.5) is 0 Å². The maximum Gasteiger partial charge on any atom is 0.0504 e. The molecule has 0 amide bonds. The van der Waals surface area contributed by atoms with E-state index in [1.807, 2.05) is 12.1 Å². The van der Waals surface area contributed by atoms with E-state index in [1.165, 1.54) is 0 Å². The lowest BCUT2D eigenvalue weighted by molar-refractivity contribution is 0.519. The van der Waals surface area contributed by atoms with E-state index in [-0.39, 0.29) is 0 Å². The summed E-state index contributed by atoms with van der Waals surface area (Å²) in [6, 6.07) is 3.88. The van der Waals surface area contributed by atoms with Crippen molar-refractivity contribution in [3.63, 3.8) is 0 Å². The van der Waals surface area contributed by atoms with Crippen LogP contribution in [0.5, 0.6) is 0 Å². The highest BCUT2D eigenvalue weighted by molar-refractivity contribution is 7.84. The molecule has 1 fully saturated rings. The van der Waals surface area contributed by atoms with E-state index in [0.717, 1.165) is 31.5 Å². The number of rotatable bonds is 3. The lowest BCUT2D eigenvalue weighted by Gasteiger charge is -2.21. The van der Waals surface area contributed by atoms with Crippen LogP contribution in [0.15, 0.2) is 24.5 Å². The highest BCUT2D eigenvalue weighted by Gasteiger charge is 2.19. The van der Waals surface area contributed by atoms with Gasteiger partial charge in [-0.3, -0.25) is 9.19 Å². The largest absolute Gasteiger partial charge is 0.316 e. The molecule has 1 N–H and O–H groups in total. The minimum absolute atomic E-state index is 0.318. The number of pyridine rings is 1. The SMILES string of the molecule is O=[S@@](Cc1cccnc1)[C@@H]1CCCNC1. The molecule has 1 aliphatic heterocycles. The van der Waals surface area contributed by atoms with Crippen molar-refractivity contribution in [2.75, 3.05) is 13.1 Å². The Morgan fingerprint density at radius 1 is 1.60 bits per heavy atom. The second-order valence-corrected chi connectivity index (χ2v) is 5.57. The van der Waals surface area contributed by atoms with E-state index < -0.39 is 10.8 Å². The molecule has 2 atom stereocenters. The number of hydrogen-bond donors (Lipinski definition) is 1. The summed E-state index contributed by atoms with van der Waals surface area (Å²) in [5, 5.41) is 3.61. The van der Waals surface area contributed by atoms with Crippen LogP contribution in [0, 0.1) is 0 Å². The fourth-order valence-electron chi connectivity index (χ4n) is 1.81. The first-order valence-corrected chi connectivity index (χ1v) is 6.71. The summed E-state index contributed by atoms with van der Waals surface area (Å²) in [4.78, 5) is 4.03. The Morgan fingerprint density at radius 2 is 2.53 bits per heavy atom. The lowest BCUT2D eigenvalue weighted by atomic mass is 10.2. The third-order valence-electron chi connectivity index (χ3n) is 2.66. The summed E-state index contributed by atoms with van der Waals surface area (Å²) in [5.74, 6) is 0.639. The normalized spacial score (nSPS) is 23.6. The minimum atomic E-state index is -0.760. The molecule has 4 heteroatoms. The maximum absolute atomic E-state index is 12.0. The Balaban J connectivity index is 1.91. The topological polar surface area (TPSA) is 42.0 Å². The van der Waals surface area contributed by atoms with Gasteiger partial charge in [-0.2, -0.15) is 0 Å². The van der Waals surface area contributed by atoms with Crippen LogP contribution in [0.25, 0.3) is 0 Å². The molecule has 1 aromatic heterocycles. The van der Waals surface area contributed by atoms with Gasteiger partial charge in [0.15, 0.2) is 0 Å². The summed E-state index contributed by atoms with van der Waals surface area (Å²) in [6.45, 7) is 1.97. The molecule has 1 aliphatic rings. The molecule has 3 nitrogen and oxygen atoms in total. The first-order chi connectivity index (χ1) is 7.36. The molecule has 2 heterocycles. The Hall–Kier alpha value is -0.740. The molecule has 1 aromatic rings. The van der Waals surface area contributed by atoms with Crippen LogP contribution in [0.3, 0.4) is 0 Å². The fraction of sp³-hybridized carbons (Fsp3) is 0.545. The molecule has 82 valence electrons. The highest BCUT2D eigenvalue weighted by Crippen LogP contribution is 2.12. The van der Waals surface area contributed by atoms with Gasteiger partial charge in [-0.05, 0) is 31.0 Å². The van der Waals surface area contributed by atoms with Crippen molar-refractivity contribution >= 4 is 10.8 Å². The van der Waals surface area contributed by atoms with Gasteiger partial charge in [0.25, 0.3) is 0 Å². The molecule has 0 radical (unpaired) electrons. The summed E-state index contributed by atoms with van der Waals surface area (Å²) in [7, 11) is -0.760. The average Bonchev–Trinajstić information content (AvgIpc) is 2.31. The molecule has 0 saturated carbocycles. The smallest absolute Gasteiger partial charge is 0.0504 e. The van der Waals surface area contributed by atoms with Gasteiger partial charge in [-0.1, -0.05) is 6.07 Å². The molecule has 1 saturated heterocycles. The Morgan fingerprint density at radius 3 is 3.20 bits per heavy atom. The van der Waals surface area contributed by atoms with Crippen molar-refractivity contribution in [2.45, 2.75) is 23.8 Å². The van der Waals surface area contributed by atoms with Gasteiger partial charge in [-0.25, -0.2) is 0 Å². The predicted octanol–water partition coefficient (Wildman–Crippen LogP) is 1.08. The molecule has 15 heavy (non-hydrogen) atoms. The summed E-state index contributed by atoms with van der Waals surface area (Å²) >= 11 is 0. The van der Waals surface area contributed by atoms with Gasteiger partial charge in [0.2, 0.25) is 0 Å². The van der Waals surface area contributed by atoms with Crippen LogP contribution in [-0.4, -0.2) is 27.5 Å². The first kappa shape index (κ1) is 10.8. The van der Waals surface area contributed by atoms with Crippen LogP contribution in [-0.2, 0) is 16.6 Å². The molecule has 0 aliphatic carbocycles. The van der Waals surface area contributed by atoms with E-state index in [1.54, 1.807) is 12.4 Å².